The highest BCUT2D eigenvalue weighted by Gasteiger charge is 2.23. The van der Waals surface area contributed by atoms with Crippen LogP contribution in [0.15, 0.2) is 77.6 Å². The summed E-state index contributed by atoms with van der Waals surface area (Å²) in [6.07, 6.45) is 0. The number of hydrogen-bond donors (Lipinski definition) is 1. The summed E-state index contributed by atoms with van der Waals surface area (Å²) in [7, 11) is 1.56. The Labute approximate surface area is 214 Å². The number of rotatable bonds is 8. The molecule has 0 bridgehead atoms. The molecule has 0 atom stereocenters. The van der Waals surface area contributed by atoms with Crippen molar-refractivity contribution in [1.82, 2.24) is 9.88 Å². The van der Waals surface area contributed by atoms with Crippen LogP contribution in [0.25, 0.3) is 22.2 Å². The number of aromatic nitrogens is 1. The molecule has 8 heteroatoms. The predicted octanol–water partition coefficient (Wildman–Crippen LogP) is 4.49. The lowest BCUT2D eigenvalue weighted by molar-refractivity contribution is 0.0195. The van der Waals surface area contributed by atoms with Crippen LogP contribution in [0.5, 0.6) is 17.2 Å². The minimum atomic E-state index is -0.670. The van der Waals surface area contributed by atoms with Crippen molar-refractivity contribution in [3.05, 3.63) is 88.6 Å². The molecule has 1 aromatic heterocycles. The summed E-state index contributed by atoms with van der Waals surface area (Å²) in [6.45, 7) is 3.65. The molecule has 1 aliphatic heterocycles. The summed E-state index contributed by atoms with van der Waals surface area (Å²) in [5.41, 5.74) is 1.09. The predicted molar refractivity (Wildman–Crippen MR) is 141 cm³/mol. The Morgan fingerprint density at radius 3 is 2.51 bits per heavy atom. The number of esters is 1. The first-order valence-electron chi connectivity index (χ1n) is 12.2. The molecule has 1 N–H and O–H groups in total. The quantitative estimate of drug-likeness (QED) is 0.357. The minimum Gasteiger partial charge on any atom is -0.497 e. The van der Waals surface area contributed by atoms with E-state index < -0.39 is 11.4 Å². The third-order valence-corrected chi connectivity index (χ3v) is 6.26. The zero-order valence-electron chi connectivity index (χ0n) is 20.6. The fourth-order valence-corrected chi connectivity index (χ4v) is 4.31. The number of carbonyl (C=O) groups is 1. The summed E-state index contributed by atoms with van der Waals surface area (Å²) in [5.74, 6) is 1.17. The van der Waals surface area contributed by atoms with E-state index in [2.05, 4.69) is 9.88 Å². The fourth-order valence-electron chi connectivity index (χ4n) is 4.31. The molecule has 8 nitrogen and oxygen atoms in total. The molecule has 0 aliphatic carbocycles. The van der Waals surface area contributed by atoms with Crippen LogP contribution < -0.4 is 14.9 Å². The van der Waals surface area contributed by atoms with E-state index in [1.54, 1.807) is 31.4 Å². The first kappa shape index (κ1) is 24.5. The molecule has 5 rings (SSSR count). The van der Waals surface area contributed by atoms with Gasteiger partial charge in [0.25, 0.3) is 0 Å². The van der Waals surface area contributed by atoms with Gasteiger partial charge in [-0.05, 0) is 36.4 Å². The molecule has 4 aromatic rings. The number of nitrogens with zero attached hydrogens (tertiary/aromatic N) is 1. The molecule has 190 valence electrons. The number of ether oxygens (including phenoxy) is 4. The van der Waals surface area contributed by atoms with E-state index in [9.17, 15) is 9.59 Å². The van der Waals surface area contributed by atoms with Crippen LogP contribution in [-0.2, 0) is 9.47 Å². The Kier molecular flexibility index (Phi) is 7.49. The summed E-state index contributed by atoms with van der Waals surface area (Å²) in [4.78, 5) is 32.3. The summed E-state index contributed by atoms with van der Waals surface area (Å²) in [5, 5.41) is 0.376. The molecule has 0 saturated carbocycles. The van der Waals surface area contributed by atoms with Gasteiger partial charge in [0, 0.05) is 36.7 Å². The number of fused-ring (bicyclic) bond motifs is 1. The second kappa shape index (κ2) is 11.3. The maximum Gasteiger partial charge on any atom is 0.344 e. The third-order valence-electron chi connectivity index (χ3n) is 6.26. The van der Waals surface area contributed by atoms with E-state index in [0.717, 1.165) is 13.1 Å². The zero-order valence-corrected chi connectivity index (χ0v) is 20.6. The molecule has 37 heavy (non-hydrogen) atoms. The van der Waals surface area contributed by atoms with Gasteiger partial charge < -0.3 is 23.9 Å². The van der Waals surface area contributed by atoms with Crippen LogP contribution in [0.1, 0.15) is 10.4 Å². The molecule has 2 heterocycles. The van der Waals surface area contributed by atoms with Crippen LogP contribution in [0, 0.1) is 0 Å². The Morgan fingerprint density at radius 1 is 0.946 bits per heavy atom. The second-order valence-electron chi connectivity index (χ2n) is 8.65. The van der Waals surface area contributed by atoms with E-state index >= 15 is 0 Å². The zero-order chi connectivity index (χ0) is 25.6. The first-order valence-corrected chi connectivity index (χ1v) is 12.2. The number of benzene rings is 3. The molecule has 1 fully saturated rings. The number of methoxy groups -OCH3 is 1. The monoisotopic (exact) mass is 500 g/mol. The number of aromatic amines is 1. The van der Waals surface area contributed by atoms with E-state index in [1.165, 1.54) is 0 Å². The van der Waals surface area contributed by atoms with Crippen LogP contribution in [0.2, 0.25) is 0 Å². The average Bonchev–Trinajstić information content (AvgIpc) is 2.94. The van der Waals surface area contributed by atoms with Crippen molar-refractivity contribution >= 4 is 16.9 Å². The number of nitrogens with one attached hydrogen (secondary N) is 1. The lowest BCUT2D eigenvalue weighted by atomic mass is 10.0. The second-order valence-corrected chi connectivity index (χ2v) is 8.65. The van der Waals surface area contributed by atoms with Gasteiger partial charge in [0.05, 0.1) is 31.5 Å². The minimum absolute atomic E-state index is 0.0449. The first-order chi connectivity index (χ1) is 18.1. The van der Waals surface area contributed by atoms with Crippen molar-refractivity contribution in [2.45, 2.75) is 0 Å². The molecular formula is C29H28N2O6. The normalized spacial score (nSPS) is 13.9. The number of para-hydroxylation sites is 1. The topological polar surface area (TPSA) is 90.1 Å². The Morgan fingerprint density at radius 2 is 1.73 bits per heavy atom. The Bertz CT molecular complexity index is 1440. The van der Waals surface area contributed by atoms with Crippen molar-refractivity contribution in [3.63, 3.8) is 0 Å². The molecule has 0 unspecified atom stereocenters. The smallest absolute Gasteiger partial charge is 0.344 e. The molecule has 1 saturated heterocycles. The molecular weight excluding hydrogens is 472 g/mol. The number of hydrogen-bond acceptors (Lipinski definition) is 7. The highest BCUT2D eigenvalue weighted by molar-refractivity contribution is 6.00. The molecule has 0 spiro atoms. The maximum absolute atomic E-state index is 13.6. The van der Waals surface area contributed by atoms with Gasteiger partial charge >= 0.3 is 5.97 Å². The lowest BCUT2D eigenvalue weighted by Crippen LogP contribution is -2.38. The molecule has 1 aliphatic rings. The van der Waals surface area contributed by atoms with Crippen molar-refractivity contribution in [2.75, 3.05) is 46.6 Å². The number of morpholine rings is 1. The van der Waals surface area contributed by atoms with Gasteiger partial charge in [-0.25, -0.2) is 4.79 Å². The maximum atomic E-state index is 13.6. The largest absolute Gasteiger partial charge is 0.497 e. The van der Waals surface area contributed by atoms with Crippen molar-refractivity contribution in [1.29, 1.82) is 0 Å². The van der Waals surface area contributed by atoms with Gasteiger partial charge in [-0.3, -0.25) is 9.69 Å². The Balaban J connectivity index is 1.51. The lowest BCUT2D eigenvalue weighted by Gasteiger charge is -2.26. The van der Waals surface area contributed by atoms with Crippen LogP contribution in [0.3, 0.4) is 0 Å². The number of pyridine rings is 1. The standard InChI is InChI=1S/C29H28N2O6/c1-34-22-10-11-24-25(19-22)30-27(20-6-5-9-23(18-20)37-21-7-3-2-4-8-21)26(28(24)32)29(33)36-17-14-31-12-15-35-16-13-31/h2-11,18-19H,12-17H2,1H3,(H,30,32). The van der Waals surface area contributed by atoms with Gasteiger partial charge in [0.1, 0.15) is 29.4 Å². The van der Waals surface area contributed by atoms with E-state index in [4.69, 9.17) is 18.9 Å². The van der Waals surface area contributed by atoms with Crippen LogP contribution in [-0.4, -0.2) is 62.4 Å². The Hall–Kier alpha value is -4.14. The number of H-pyrrole nitrogens is 1. The molecule has 3 aromatic carbocycles. The average molecular weight is 501 g/mol. The highest BCUT2D eigenvalue weighted by Crippen LogP contribution is 2.30. The van der Waals surface area contributed by atoms with Crippen molar-refractivity contribution < 1.29 is 23.7 Å². The van der Waals surface area contributed by atoms with E-state index in [1.807, 2.05) is 48.5 Å². The summed E-state index contributed by atoms with van der Waals surface area (Å²) >= 11 is 0. The van der Waals surface area contributed by atoms with E-state index in [0.29, 0.717) is 59.2 Å². The van der Waals surface area contributed by atoms with E-state index in [-0.39, 0.29) is 12.2 Å². The molecule has 0 radical (unpaired) electrons. The SMILES string of the molecule is COc1ccc2c(=O)c(C(=O)OCCN3CCOCC3)c(-c3cccc(Oc4ccccc4)c3)[nH]c2c1. The van der Waals surface area contributed by atoms with Gasteiger partial charge in [-0.1, -0.05) is 30.3 Å². The van der Waals surface area contributed by atoms with Gasteiger partial charge in [-0.2, -0.15) is 0 Å². The van der Waals surface area contributed by atoms with Crippen molar-refractivity contribution in [3.8, 4) is 28.5 Å². The summed E-state index contributed by atoms with van der Waals surface area (Å²) in [6, 6.07) is 21.7. The van der Waals surface area contributed by atoms with Crippen molar-refractivity contribution in [2.24, 2.45) is 0 Å². The van der Waals surface area contributed by atoms with Crippen LogP contribution >= 0.6 is 0 Å². The van der Waals surface area contributed by atoms with Crippen LogP contribution in [0.4, 0.5) is 0 Å². The number of carbonyl (C=O) groups excluding carboxylic acids is 1. The molecule has 0 amide bonds. The fraction of sp³-hybridized carbons (Fsp3) is 0.241. The summed E-state index contributed by atoms with van der Waals surface area (Å²) < 4.78 is 22.3. The van der Waals surface area contributed by atoms with Gasteiger partial charge in [0.2, 0.25) is 5.43 Å². The highest BCUT2D eigenvalue weighted by atomic mass is 16.5. The van der Waals surface area contributed by atoms with Gasteiger partial charge in [-0.15, -0.1) is 0 Å². The third kappa shape index (κ3) is 5.66. The van der Waals surface area contributed by atoms with Gasteiger partial charge in [0.15, 0.2) is 0 Å².